The molecule has 0 aromatic heterocycles. The highest BCUT2D eigenvalue weighted by Crippen LogP contribution is 2.29. The third kappa shape index (κ3) is 2.95. The molecule has 1 amide bonds. The number of nitrogens with zero attached hydrogens (tertiary/aromatic N) is 2. The number of carbonyl (C=O) groups excluding carboxylic acids is 1. The van der Waals surface area contributed by atoms with Crippen molar-refractivity contribution in [1.82, 2.24) is 10.2 Å². The summed E-state index contributed by atoms with van der Waals surface area (Å²) < 4.78 is 5.74. The van der Waals surface area contributed by atoms with Gasteiger partial charge in [-0.1, -0.05) is 30.0 Å². The Morgan fingerprint density at radius 1 is 1.43 bits per heavy atom. The molecular formula is C17H19N3O2S. The molecular weight excluding hydrogens is 310 g/mol. The maximum Gasteiger partial charge on any atom is 0.223 e. The lowest BCUT2D eigenvalue weighted by Gasteiger charge is -2.19. The van der Waals surface area contributed by atoms with E-state index in [1.165, 1.54) is 0 Å². The predicted octanol–water partition coefficient (Wildman–Crippen LogP) is 2.00. The molecule has 0 fully saturated rings. The summed E-state index contributed by atoms with van der Waals surface area (Å²) in [4.78, 5) is 19.2. The third-order valence-electron chi connectivity index (χ3n) is 4.43. The molecule has 3 heterocycles. The molecule has 3 aliphatic rings. The number of fused-ring (bicyclic) bond motifs is 2. The average molecular weight is 329 g/mol. The first-order valence-corrected chi connectivity index (χ1v) is 8.85. The molecule has 1 aromatic carbocycles. The lowest BCUT2D eigenvalue weighted by Crippen LogP contribution is -2.36. The van der Waals surface area contributed by atoms with Crippen LogP contribution in [0.2, 0.25) is 0 Å². The molecule has 0 radical (unpaired) electrons. The first-order valence-electron chi connectivity index (χ1n) is 7.97. The van der Waals surface area contributed by atoms with Gasteiger partial charge in [-0.2, -0.15) is 0 Å². The van der Waals surface area contributed by atoms with Crippen molar-refractivity contribution >= 4 is 22.8 Å². The number of nitrogens with one attached hydrogen (secondary N) is 1. The Morgan fingerprint density at radius 2 is 2.35 bits per heavy atom. The summed E-state index contributed by atoms with van der Waals surface area (Å²) >= 11 is 1.64. The van der Waals surface area contributed by atoms with E-state index in [9.17, 15) is 4.79 Å². The summed E-state index contributed by atoms with van der Waals surface area (Å²) in [6.07, 6.45) is 1.50. The molecule has 0 unspecified atom stereocenters. The Bertz CT molecular complexity index is 686. The fraction of sp³-hybridized carbons (Fsp3) is 0.412. The molecule has 5 nitrogen and oxygen atoms in total. The summed E-state index contributed by atoms with van der Waals surface area (Å²) in [6, 6.07) is 7.99. The summed E-state index contributed by atoms with van der Waals surface area (Å²) in [5.41, 5.74) is 2.26. The van der Waals surface area contributed by atoms with Crippen molar-refractivity contribution in [2.75, 3.05) is 26.2 Å². The van der Waals surface area contributed by atoms with Gasteiger partial charge in [0.15, 0.2) is 5.17 Å². The summed E-state index contributed by atoms with van der Waals surface area (Å²) in [5.74, 6) is 0.997. The number of thioether (sulfide) groups is 1. The van der Waals surface area contributed by atoms with Gasteiger partial charge in [0.2, 0.25) is 5.91 Å². The molecule has 1 N–H and O–H groups in total. The molecule has 120 valence electrons. The minimum atomic E-state index is -0.0278. The van der Waals surface area contributed by atoms with Gasteiger partial charge in [0.25, 0.3) is 0 Å². The summed E-state index contributed by atoms with van der Waals surface area (Å²) in [6.45, 7) is 2.94. The number of para-hydroxylation sites is 1. The lowest BCUT2D eigenvalue weighted by molar-refractivity contribution is -0.125. The van der Waals surface area contributed by atoms with Crippen molar-refractivity contribution < 1.29 is 9.53 Å². The first kappa shape index (κ1) is 14.6. The van der Waals surface area contributed by atoms with Crippen LogP contribution in [0.4, 0.5) is 0 Å². The Kier molecular flexibility index (Phi) is 3.99. The van der Waals surface area contributed by atoms with Gasteiger partial charge in [0, 0.05) is 23.6 Å². The highest BCUT2D eigenvalue weighted by Gasteiger charge is 2.28. The summed E-state index contributed by atoms with van der Waals surface area (Å²) in [5, 5.41) is 6.24. The van der Waals surface area contributed by atoms with Crippen LogP contribution < -0.4 is 10.1 Å². The molecule has 6 heteroatoms. The lowest BCUT2D eigenvalue weighted by atomic mass is 9.96. The van der Waals surface area contributed by atoms with Gasteiger partial charge >= 0.3 is 0 Å². The van der Waals surface area contributed by atoms with E-state index in [1.54, 1.807) is 11.8 Å². The molecule has 0 saturated carbocycles. The second-order valence-electron chi connectivity index (χ2n) is 5.91. The second-order valence-corrected chi connectivity index (χ2v) is 6.74. The van der Waals surface area contributed by atoms with Crippen LogP contribution in [-0.2, 0) is 11.2 Å². The Hall–Kier alpha value is -1.95. The zero-order chi connectivity index (χ0) is 15.6. The predicted molar refractivity (Wildman–Crippen MR) is 91.4 cm³/mol. The molecule has 0 aliphatic carbocycles. The number of amidine groups is 1. The van der Waals surface area contributed by atoms with Crippen LogP contribution in [0.5, 0.6) is 5.75 Å². The van der Waals surface area contributed by atoms with E-state index >= 15 is 0 Å². The molecule has 0 spiro atoms. The molecule has 23 heavy (non-hydrogen) atoms. The number of hydrogen-bond donors (Lipinski definition) is 1. The van der Waals surface area contributed by atoms with E-state index in [-0.39, 0.29) is 11.8 Å². The Labute approximate surface area is 139 Å². The van der Waals surface area contributed by atoms with Crippen LogP contribution in [0.15, 0.2) is 40.4 Å². The number of hydrogen-bond acceptors (Lipinski definition) is 5. The van der Waals surface area contributed by atoms with Crippen molar-refractivity contribution in [1.29, 1.82) is 0 Å². The standard InChI is InChI=1S/C17H19N3O2S/c21-16(19-10-14-11-23-17-18-6-7-20(14)17)13-5-8-22-15-4-2-1-3-12(15)9-13/h1-4,11,13H,5-10H2,(H,19,21)/t13-/m0/s1. The third-order valence-corrected chi connectivity index (χ3v) is 5.38. The van der Waals surface area contributed by atoms with Gasteiger partial charge in [0.1, 0.15) is 5.75 Å². The van der Waals surface area contributed by atoms with Gasteiger partial charge in [-0.3, -0.25) is 9.79 Å². The van der Waals surface area contributed by atoms with Gasteiger partial charge in [-0.05, 0) is 24.5 Å². The monoisotopic (exact) mass is 329 g/mol. The number of amides is 1. The zero-order valence-corrected chi connectivity index (χ0v) is 13.6. The number of benzene rings is 1. The van der Waals surface area contributed by atoms with E-state index in [4.69, 9.17) is 4.74 Å². The number of rotatable bonds is 3. The number of ether oxygens (including phenoxy) is 1. The van der Waals surface area contributed by atoms with Crippen molar-refractivity contribution in [3.05, 3.63) is 40.9 Å². The van der Waals surface area contributed by atoms with E-state index < -0.39 is 0 Å². The van der Waals surface area contributed by atoms with Crippen LogP contribution in [0.3, 0.4) is 0 Å². The molecule has 4 rings (SSSR count). The minimum Gasteiger partial charge on any atom is -0.493 e. The fourth-order valence-corrected chi connectivity index (χ4v) is 4.11. The van der Waals surface area contributed by atoms with Gasteiger partial charge in [-0.25, -0.2) is 0 Å². The van der Waals surface area contributed by atoms with Crippen LogP contribution in [0, 0.1) is 5.92 Å². The largest absolute Gasteiger partial charge is 0.493 e. The maximum atomic E-state index is 12.6. The van der Waals surface area contributed by atoms with Crippen molar-refractivity contribution in [3.8, 4) is 5.75 Å². The van der Waals surface area contributed by atoms with Gasteiger partial charge in [0.05, 0.1) is 19.7 Å². The summed E-state index contributed by atoms with van der Waals surface area (Å²) in [7, 11) is 0. The van der Waals surface area contributed by atoms with E-state index in [0.717, 1.165) is 48.1 Å². The Balaban J connectivity index is 1.37. The Morgan fingerprint density at radius 3 is 3.30 bits per heavy atom. The van der Waals surface area contributed by atoms with Gasteiger partial charge < -0.3 is 15.0 Å². The smallest absolute Gasteiger partial charge is 0.223 e. The fourth-order valence-electron chi connectivity index (χ4n) is 3.15. The van der Waals surface area contributed by atoms with Crippen LogP contribution >= 0.6 is 11.8 Å². The van der Waals surface area contributed by atoms with Crippen molar-refractivity contribution in [2.45, 2.75) is 12.8 Å². The van der Waals surface area contributed by atoms with E-state index in [1.807, 2.05) is 24.3 Å². The molecule has 0 saturated heterocycles. The quantitative estimate of drug-likeness (QED) is 0.922. The van der Waals surface area contributed by atoms with Crippen LogP contribution in [0.25, 0.3) is 0 Å². The van der Waals surface area contributed by atoms with Crippen molar-refractivity contribution in [2.24, 2.45) is 10.9 Å². The van der Waals surface area contributed by atoms with E-state index in [0.29, 0.717) is 13.2 Å². The topological polar surface area (TPSA) is 53.9 Å². The average Bonchev–Trinajstić information content (AvgIpc) is 3.10. The number of carbonyl (C=O) groups is 1. The maximum absolute atomic E-state index is 12.6. The normalized spacial score (nSPS) is 22.4. The number of aliphatic imine (C=N–C) groups is 1. The van der Waals surface area contributed by atoms with Crippen LogP contribution in [0.1, 0.15) is 12.0 Å². The first-order chi connectivity index (χ1) is 11.3. The zero-order valence-electron chi connectivity index (χ0n) is 12.8. The van der Waals surface area contributed by atoms with Crippen molar-refractivity contribution in [3.63, 3.8) is 0 Å². The SMILES string of the molecule is O=C(NCC1=CSC2=NCCN12)[C@H]1CCOc2ccccc2C1. The second kappa shape index (κ2) is 6.28. The highest BCUT2D eigenvalue weighted by atomic mass is 32.2. The molecule has 1 atom stereocenters. The van der Waals surface area contributed by atoms with Crippen LogP contribution in [-0.4, -0.2) is 42.2 Å². The molecule has 3 aliphatic heterocycles. The minimum absolute atomic E-state index is 0.0278. The molecule has 0 bridgehead atoms. The van der Waals surface area contributed by atoms with E-state index in [2.05, 4.69) is 20.6 Å². The molecule has 1 aromatic rings. The van der Waals surface area contributed by atoms with Gasteiger partial charge in [-0.15, -0.1) is 0 Å². The highest BCUT2D eigenvalue weighted by molar-refractivity contribution is 8.16.